The summed E-state index contributed by atoms with van der Waals surface area (Å²) in [5, 5.41) is 3.30. The van der Waals surface area contributed by atoms with E-state index in [1.807, 2.05) is 0 Å². The Bertz CT molecular complexity index is 360. The second-order valence-electron chi connectivity index (χ2n) is 4.90. The highest BCUT2D eigenvalue weighted by molar-refractivity contribution is 8.00. The van der Waals surface area contributed by atoms with E-state index in [1.54, 1.807) is 12.1 Å². The third-order valence-electron chi connectivity index (χ3n) is 2.62. The van der Waals surface area contributed by atoms with Crippen molar-refractivity contribution in [2.24, 2.45) is 5.92 Å². The van der Waals surface area contributed by atoms with Crippen LogP contribution in [0.15, 0.2) is 29.2 Å². The van der Waals surface area contributed by atoms with Crippen molar-refractivity contribution in [1.29, 1.82) is 0 Å². The Balaban J connectivity index is 2.28. The van der Waals surface area contributed by atoms with E-state index in [0.717, 1.165) is 18.5 Å². The van der Waals surface area contributed by atoms with Gasteiger partial charge < -0.3 is 5.32 Å². The molecule has 5 heteroatoms. The fraction of sp³-hybridized carbons (Fsp3) is 0.571. The van der Waals surface area contributed by atoms with Crippen LogP contribution in [0.4, 0.5) is 13.2 Å². The number of benzene rings is 1. The van der Waals surface area contributed by atoms with Crippen LogP contribution in [0.1, 0.15) is 32.3 Å². The summed E-state index contributed by atoms with van der Waals surface area (Å²) in [6.07, 6.45) is 2.31. The van der Waals surface area contributed by atoms with Gasteiger partial charge in [0.1, 0.15) is 0 Å². The average molecular weight is 291 g/mol. The summed E-state index contributed by atoms with van der Waals surface area (Å²) in [6.45, 7) is 6.03. The molecular formula is C14H20F3NS. The van der Waals surface area contributed by atoms with Crippen LogP contribution in [-0.2, 0) is 6.54 Å². The van der Waals surface area contributed by atoms with Crippen molar-refractivity contribution in [2.45, 2.75) is 43.6 Å². The van der Waals surface area contributed by atoms with E-state index in [-0.39, 0.29) is 16.7 Å². The molecule has 1 aromatic carbocycles. The predicted octanol–water partition coefficient (Wildman–Crippen LogP) is 4.82. The van der Waals surface area contributed by atoms with Crippen LogP contribution in [0.2, 0.25) is 0 Å². The lowest BCUT2D eigenvalue weighted by atomic mass is 10.1. The molecule has 19 heavy (non-hydrogen) atoms. The monoisotopic (exact) mass is 291 g/mol. The molecule has 1 nitrogen and oxygen atoms in total. The van der Waals surface area contributed by atoms with Gasteiger partial charge in [-0.1, -0.05) is 26.0 Å². The van der Waals surface area contributed by atoms with E-state index in [9.17, 15) is 13.2 Å². The first-order valence-corrected chi connectivity index (χ1v) is 7.24. The molecule has 0 radical (unpaired) electrons. The first kappa shape index (κ1) is 16.4. The van der Waals surface area contributed by atoms with Crippen molar-refractivity contribution in [3.05, 3.63) is 29.8 Å². The van der Waals surface area contributed by atoms with Crippen LogP contribution < -0.4 is 5.32 Å². The molecule has 0 saturated carbocycles. The highest BCUT2D eigenvalue weighted by atomic mass is 32.2. The first-order chi connectivity index (χ1) is 8.87. The molecule has 0 amide bonds. The molecule has 0 aliphatic heterocycles. The van der Waals surface area contributed by atoms with Crippen LogP contribution in [0.5, 0.6) is 0 Å². The molecule has 0 bridgehead atoms. The maximum absolute atomic E-state index is 12.1. The minimum Gasteiger partial charge on any atom is -0.313 e. The summed E-state index contributed by atoms with van der Waals surface area (Å²) in [7, 11) is 0. The van der Waals surface area contributed by atoms with Crippen LogP contribution in [0.25, 0.3) is 0 Å². The molecule has 0 spiro atoms. The van der Waals surface area contributed by atoms with Crippen LogP contribution in [0, 0.1) is 5.92 Å². The maximum Gasteiger partial charge on any atom is 0.446 e. The average Bonchev–Trinajstić information content (AvgIpc) is 2.28. The predicted molar refractivity (Wildman–Crippen MR) is 74.1 cm³/mol. The minimum absolute atomic E-state index is 0.0758. The van der Waals surface area contributed by atoms with Crippen molar-refractivity contribution in [3.8, 4) is 0 Å². The van der Waals surface area contributed by atoms with Crippen molar-refractivity contribution < 1.29 is 13.2 Å². The third-order valence-corrected chi connectivity index (χ3v) is 3.36. The van der Waals surface area contributed by atoms with Gasteiger partial charge in [0, 0.05) is 11.4 Å². The van der Waals surface area contributed by atoms with Gasteiger partial charge in [-0.3, -0.25) is 0 Å². The van der Waals surface area contributed by atoms with Crippen LogP contribution >= 0.6 is 11.8 Å². The van der Waals surface area contributed by atoms with Gasteiger partial charge in [0.2, 0.25) is 0 Å². The van der Waals surface area contributed by atoms with Crippen molar-refractivity contribution in [1.82, 2.24) is 5.32 Å². The number of halogens is 3. The molecule has 0 aliphatic carbocycles. The van der Waals surface area contributed by atoms with E-state index < -0.39 is 5.51 Å². The molecule has 0 aromatic heterocycles. The van der Waals surface area contributed by atoms with Gasteiger partial charge >= 0.3 is 5.51 Å². The number of hydrogen-bond acceptors (Lipinski definition) is 2. The van der Waals surface area contributed by atoms with Gasteiger partial charge in [-0.2, -0.15) is 13.2 Å². The summed E-state index contributed by atoms with van der Waals surface area (Å²) in [5.41, 5.74) is -3.20. The third kappa shape index (κ3) is 8.16. The Morgan fingerprint density at radius 1 is 1.16 bits per heavy atom. The van der Waals surface area contributed by atoms with Crippen molar-refractivity contribution in [3.63, 3.8) is 0 Å². The Morgan fingerprint density at radius 3 is 2.32 bits per heavy atom. The number of rotatable bonds is 7. The Labute approximate surface area is 117 Å². The summed E-state index contributed by atoms with van der Waals surface area (Å²) in [4.78, 5) is 0.232. The molecule has 1 aromatic rings. The molecular weight excluding hydrogens is 271 g/mol. The summed E-state index contributed by atoms with van der Waals surface area (Å²) in [5.74, 6) is 0.709. The molecule has 0 heterocycles. The molecule has 0 fully saturated rings. The topological polar surface area (TPSA) is 12.0 Å². The Kier molecular flexibility index (Phi) is 6.72. The van der Waals surface area contributed by atoms with Gasteiger partial charge in [0.05, 0.1) is 0 Å². The zero-order chi connectivity index (χ0) is 14.3. The number of nitrogens with one attached hydrogen (secondary N) is 1. The van der Waals surface area contributed by atoms with E-state index in [0.29, 0.717) is 12.5 Å². The van der Waals surface area contributed by atoms with E-state index in [4.69, 9.17) is 0 Å². The highest BCUT2D eigenvalue weighted by Crippen LogP contribution is 2.36. The smallest absolute Gasteiger partial charge is 0.313 e. The number of alkyl halides is 3. The largest absolute Gasteiger partial charge is 0.446 e. The number of hydrogen-bond donors (Lipinski definition) is 1. The second-order valence-corrected chi connectivity index (χ2v) is 6.04. The standard InChI is InChI=1S/C14H20F3NS/c1-11(2)4-3-9-18-10-12-5-7-13(8-6-12)19-14(15,16)17/h5-8,11,18H,3-4,9-10H2,1-2H3. The zero-order valence-corrected chi connectivity index (χ0v) is 12.1. The van der Waals surface area contributed by atoms with Gasteiger partial charge in [0.25, 0.3) is 0 Å². The molecule has 0 atom stereocenters. The van der Waals surface area contributed by atoms with Gasteiger partial charge in [-0.25, -0.2) is 0 Å². The van der Waals surface area contributed by atoms with E-state index >= 15 is 0 Å². The normalized spacial score (nSPS) is 12.1. The van der Waals surface area contributed by atoms with Gasteiger partial charge in [-0.15, -0.1) is 0 Å². The van der Waals surface area contributed by atoms with Crippen molar-refractivity contribution in [2.75, 3.05) is 6.54 Å². The molecule has 0 aliphatic rings. The van der Waals surface area contributed by atoms with Gasteiger partial charge in [-0.05, 0) is 54.8 Å². The maximum atomic E-state index is 12.1. The first-order valence-electron chi connectivity index (χ1n) is 6.42. The molecule has 0 saturated heterocycles. The summed E-state index contributed by atoms with van der Waals surface area (Å²) < 4.78 is 36.4. The van der Waals surface area contributed by atoms with Crippen LogP contribution in [0.3, 0.4) is 0 Å². The fourth-order valence-electron chi connectivity index (χ4n) is 1.68. The molecule has 1 N–H and O–H groups in total. The Morgan fingerprint density at radius 2 is 1.79 bits per heavy atom. The quantitative estimate of drug-likeness (QED) is 0.571. The summed E-state index contributed by atoms with van der Waals surface area (Å²) in [6, 6.07) is 6.51. The minimum atomic E-state index is -4.21. The lowest BCUT2D eigenvalue weighted by Gasteiger charge is -2.08. The molecule has 1 rings (SSSR count). The molecule has 108 valence electrons. The number of thioether (sulfide) groups is 1. The second kappa shape index (κ2) is 7.80. The van der Waals surface area contributed by atoms with Crippen molar-refractivity contribution >= 4 is 11.8 Å². The lowest BCUT2D eigenvalue weighted by molar-refractivity contribution is -0.0328. The van der Waals surface area contributed by atoms with E-state index in [1.165, 1.54) is 18.6 Å². The zero-order valence-electron chi connectivity index (χ0n) is 11.3. The van der Waals surface area contributed by atoms with Crippen LogP contribution in [-0.4, -0.2) is 12.1 Å². The van der Waals surface area contributed by atoms with E-state index in [2.05, 4.69) is 19.2 Å². The molecule has 0 unspecified atom stereocenters. The highest BCUT2D eigenvalue weighted by Gasteiger charge is 2.28. The Hall–Kier alpha value is -0.680. The summed E-state index contributed by atoms with van der Waals surface area (Å²) >= 11 is -0.0758. The SMILES string of the molecule is CC(C)CCCNCc1ccc(SC(F)(F)F)cc1. The van der Waals surface area contributed by atoms with Gasteiger partial charge in [0.15, 0.2) is 0 Å². The lowest BCUT2D eigenvalue weighted by Crippen LogP contribution is -2.15. The fourth-order valence-corrected chi connectivity index (χ4v) is 2.22.